The van der Waals surface area contributed by atoms with Crippen molar-refractivity contribution in [2.75, 3.05) is 60.6 Å². The molecule has 1 aromatic carbocycles. The van der Waals surface area contributed by atoms with Crippen molar-refractivity contribution in [1.82, 2.24) is 15.3 Å². The molecule has 3 heterocycles. The molecular weight excluding hydrogens is 476 g/mol. The third-order valence-electron chi connectivity index (χ3n) is 6.25. The first-order valence-electron chi connectivity index (χ1n) is 11.7. The topological polar surface area (TPSA) is 114 Å². The van der Waals surface area contributed by atoms with E-state index in [-0.39, 0.29) is 31.4 Å². The van der Waals surface area contributed by atoms with Crippen LogP contribution in [-0.2, 0) is 9.73 Å². The molecule has 0 unspecified atom stereocenters. The molecule has 2 aliphatic rings. The van der Waals surface area contributed by atoms with Crippen LogP contribution in [0.3, 0.4) is 0 Å². The van der Waals surface area contributed by atoms with Crippen molar-refractivity contribution >= 4 is 33.1 Å². The quantitative estimate of drug-likeness (QED) is 0.570. The lowest BCUT2D eigenvalue weighted by atomic mass is 10.1. The van der Waals surface area contributed by atoms with Crippen LogP contribution >= 0.6 is 0 Å². The summed E-state index contributed by atoms with van der Waals surface area (Å²) < 4.78 is 48.1. The Labute approximate surface area is 204 Å². The van der Waals surface area contributed by atoms with Gasteiger partial charge in [0.1, 0.15) is 11.4 Å². The number of aromatic nitrogens is 2. The monoisotopic (exact) mass is 507 g/mol. The van der Waals surface area contributed by atoms with Gasteiger partial charge < -0.3 is 20.4 Å². The third-order valence-corrected chi connectivity index (χ3v) is 7.40. The number of alkyl halides is 2. The molecule has 0 radical (unpaired) electrons. The van der Waals surface area contributed by atoms with Crippen molar-refractivity contribution in [3.05, 3.63) is 35.5 Å². The van der Waals surface area contributed by atoms with Gasteiger partial charge >= 0.3 is 0 Å². The second-order valence-electron chi connectivity index (χ2n) is 9.07. The highest BCUT2D eigenvalue weighted by atomic mass is 32.2. The molecule has 2 aromatic rings. The number of nitrogens with zero attached hydrogens (tertiary/aromatic N) is 4. The number of carbonyl (C=O) groups is 1. The average molecular weight is 508 g/mol. The van der Waals surface area contributed by atoms with E-state index in [1.54, 1.807) is 30.0 Å². The number of piperazine rings is 1. The van der Waals surface area contributed by atoms with E-state index in [1.165, 1.54) is 12.3 Å². The van der Waals surface area contributed by atoms with Gasteiger partial charge in [-0.3, -0.25) is 4.79 Å². The summed E-state index contributed by atoms with van der Waals surface area (Å²) in [6.45, 7) is 5.14. The van der Waals surface area contributed by atoms with Gasteiger partial charge in [-0.15, -0.1) is 0 Å². The summed E-state index contributed by atoms with van der Waals surface area (Å²) in [6.07, 6.45) is 1.09. The van der Waals surface area contributed by atoms with Crippen molar-refractivity contribution in [1.29, 1.82) is 4.78 Å². The number of benzene rings is 1. The fraction of sp³-hybridized carbons (Fsp3) is 0.522. The lowest BCUT2D eigenvalue weighted by Crippen LogP contribution is -2.44. The van der Waals surface area contributed by atoms with Gasteiger partial charge in [0.25, 0.3) is 5.91 Å². The second-order valence-corrected chi connectivity index (χ2v) is 11.2. The fourth-order valence-electron chi connectivity index (χ4n) is 4.33. The zero-order valence-electron chi connectivity index (χ0n) is 19.9. The van der Waals surface area contributed by atoms with Crippen LogP contribution in [0.4, 0.5) is 26.2 Å². The van der Waals surface area contributed by atoms with Gasteiger partial charge in [0.15, 0.2) is 0 Å². The van der Waals surface area contributed by atoms with Crippen LogP contribution in [0.2, 0.25) is 0 Å². The summed E-state index contributed by atoms with van der Waals surface area (Å²) in [6, 6.07) is 6.34. The summed E-state index contributed by atoms with van der Waals surface area (Å²) in [5.41, 5.74) is 1.06. The number of carbonyl (C=O) groups excluding carboxylic acids is 1. The van der Waals surface area contributed by atoms with Crippen molar-refractivity contribution in [2.24, 2.45) is 0 Å². The Morgan fingerprint density at radius 1 is 1.14 bits per heavy atom. The Bertz CT molecular complexity index is 1200. The molecule has 0 saturated carbocycles. The number of hydrogen-bond acceptors (Lipinski definition) is 8. The minimum Gasteiger partial charge on any atom is -0.356 e. The van der Waals surface area contributed by atoms with Gasteiger partial charge in [0.05, 0.1) is 15.4 Å². The van der Waals surface area contributed by atoms with Gasteiger partial charge in [-0.05, 0) is 31.5 Å². The number of aryl methyl sites for hydroxylation is 1. The van der Waals surface area contributed by atoms with Crippen molar-refractivity contribution < 1.29 is 17.8 Å². The molecule has 0 spiro atoms. The van der Waals surface area contributed by atoms with Crippen LogP contribution in [0.25, 0.3) is 0 Å². The summed E-state index contributed by atoms with van der Waals surface area (Å²) in [5.74, 6) is -2.40. The molecule has 0 aliphatic carbocycles. The molecule has 3 N–H and O–H groups in total. The number of halogens is 2. The Kier molecular flexibility index (Phi) is 7.22. The molecule has 35 heavy (non-hydrogen) atoms. The molecule has 12 heteroatoms. The SMILES string of the molecule is Cc1nc(N2CCNCC2)nc(N2CCCC(F)(F)CC2)c1C(=O)Nc1cccc([S@](C)(=N)=O)c1. The Morgan fingerprint density at radius 2 is 1.89 bits per heavy atom. The Balaban J connectivity index is 1.71. The maximum Gasteiger partial charge on any atom is 0.261 e. The zero-order chi connectivity index (χ0) is 25.2. The van der Waals surface area contributed by atoms with Crippen molar-refractivity contribution in [2.45, 2.75) is 37.0 Å². The number of hydrogen-bond donors (Lipinski definition) is 3. The Hall–Kier alpha value is -2.86. The van der Waals surface area contributed by atoms with Gasteiger partial charge in [0, 0.05) is 68.9 Å². The molecule has 2 saturated heterocycles. The van der Waals surface area contributed by atoms with Crippen LogP contribution in [0.5, 0.6) is 0 Å². The summed E-state index contributed by atoms with van der Waals surface area (Å²) >= 11 is 0. The summed E-state index contributed by atoms with van der Waals surface area (Å²) in [4.78, 5) is 26.9. The largest absolute Gasteiger partial charge is 0.356 e. The highest BCUT2D eigenvalue weighted by molar-refractivity contribution is 7.91. The van der Waals surface area contributed by atoms with E-state index in [1.807, 2.05) is 4.90 Å². The van der Waals surface area contributed by atoms with Crippen molar-refractivity contribution in [3.63, 3.8) is 0 Å². The average Bonchev–Trinajstić information content (AvgIpc) is 2.99. The van der Waals surface area contributed by atoms with E-state index in [0.717, 1.165) is 13.1 Å². The standard InChI is InChI=1S/C23H31F2N7O2S/c1-16-19(21(33)29-17-5-3-6-18(15-17)35(2,26)34)20(31-11-4-7-23(24,25)8-12-31)30-22(28-16)32-13-9-27-10-14-32/h3,5-6,15,26-27H,4,7-14H2,1-2H3,(H,29,33)/t35-/m1/s1. The van der Waals surface area contributed by atoms with Crippen molar-refractivity contribution in [3.8, 4) is 0 Å². The van der Waals surface area contributed by atoms with Crippen LogP contribution in [0.15, 0.2) is 29.2 Å². The predicted molar refractivity (Wildman–Crippen MR) is 132 cm³/mol. The van der Waals surface area contributed by atoms with E-state index < -0.39 is 21.6 Å². The van der Waals surface area contributed by atoms with E-state index in [4.69, 9.17) is 9.76 Å². The molecular formula is C23H31F2N7O2S. The van der Waals surface area contributed by atoms with Gasteiger partial charge in [0.2, 0.25) is 11.9 Å². The van der Waals surface area contributed by atoms with Gasteiger partial charge in [-0.1, -0.05) is 6.07 Å². The first-order valence-corrected chi connectivity index (χ1v) is 13.6. The molecule has 190 valence electrons. The molecule has 1 amide bonds. The van der Waals surface area contributed by atoms with Crippen LogP contribution in [0, 0.1) is 11.7 Å². The number of rotatable bonds is 5. The molecule has 2 fully saturated rings. The maximum absolute atomic E-state index is 14.1. The minimum absolute atomic E-state index is 0.0803. The molecule has 4 rings (SSSR count). The normalized spacial score (nSPS) is 20.1. The molecule has 1 aromatic heterocycles. The maximum atomic E-state index is 14.1. The highest BCUT2D eigenvalue weighted by Crippen LogP contribution is 2.32. The van der Waals surface area contributed by atoms with Crippen LogP contribution in [0.1, 0.15) is 35.3 Å². The first kappa shape index (κ1) is 25.2. The second kappa shape index (κ2) is 10.0. The molecule has 9 nitrogen and oxygen atoms in total. The molecule has 2 aliphatic heterocycles. The van der Waals surface area contributed by atoms with Gasteiger partial charge in [-0.2, -0.15) is 4.98 Å². The fourth-order valence-corrected chi connectivity index (χ4v) is 5.02. The van der Waals surface area contributed by atoms with E-state index in [0.29, 0.717) is 47.7 Å². The lowest BCUT2D eigenvalue weighted by molar-refractivity contribution is -0.0102. The molecule has 0 bridgehead atoms. The number of nitrogens with one attached hydrogen (secondary N) is 3. The zero-order valence-corrected chi connectivity index (χ0v) is 20.8. The lowest BCUT2D eigenvalue weighted by Gasteiger charge is -2.30. The highest BCUT2D eigenvalue weighted by Gasteiger charge is 2.34. The van der Waals surface area contributed by atoms with Crippen LogP contribution in [-0.4, -0.2) is 71.5 Å². The Morgan fingerprint density at radius 3 is 2.60 bits per heavy atom. The molecule has 1 atom stereocenters. The van der Waals surface area contributed by atoms with E-state index in [9.17, 15) is 17.8 Å². The van der Waals surface area contributed by atoms with Gasteiger partial charge in [-0.25, -0.2) is 22.8 Å². The summed E-state index contributed by atoms with van der Waals surface area (Å²) in [5, 5.41) is 6.07. The summed E-state index contributed by atoms with van der Waals surface area (Å²) in [7, 11) is -2.96. The van der Waals surface area contributed by atoms with E-state index in [2.05, 4.69) is 15.6 Å². The first-order chi connectivity index (χ1) is 16.5. The third kappa shape index (κ3) is 6.04. The predicted octanol–water partition coefficient (Wildman–Crippen LogP) is 3.11. The number of amides is 1. The minimum atomic E-state index is -2.96. The van der Waals surface area contributed by atoms with Crippen LogP contribution < -0.4 is 20.4 Å². The number of anilines is 3. The smallest absolute Gasteiger partial charge is 0.261 e. The van der Waals surface area contributed by atoms with E-state index >= 15 is 0 Å².